The number of pyridine rings is 1. The summed E-state index contributed by atoms with van der Waals surface area (Å²) in [4.78, 5) is 16.7. The molecule has 5 nitrogen and oxygen atoms in total. The number of imidazole rings is 1. The summed E-state index contributed by atoms with van der Waals surface area (Å²) in [5, 5.41) is 0.464. The minimum absolute atomic E-state index is 0.272. The Bertz CT molecular complexity index is 733. The van der Waals surface area contributed by atoms with Crippen molar-refractivity contribution in [3.63, 3.8) is 0 Å². The molecule has 0 unspecified atom stereocenters. The lowest BCUT2D eigenvalue weighted by Gasteiger charge is -2.29. The van der Waals surface area contributed by atoms with Crippen molar-refractivity contribution in [2.24, 2.45) is 0 Å². The SMILES string of the molecule is CC(C)(C)OC(=O)C(C)(C)Oc1cc(Cl)cn2cc(CCl)nc12. The van der Waals surface area contributed by atoms with E-state index in [0.717, 1.165) is 0 Å². The van der Waals surface area contributed by atoms with Crippen LogP contribution in [0.5, 0.6) is 5.75 Å². The van der Waals surface area contributed by atoms with Crippen LogP contribution in [-0.4, -0.2) is 26.6 Å². The summed E-state index contributed by atoms with van der Waals surface area (Å²) in [5.74, 6) is 0.200. The molecule has 2 rings (SSSR count). The molecule has 0 bridgehead atoms. The second-order valence-electron chi connectivity index (χ2n) is 6.73. The predicted molar refractivity (Wildman–Crippen MR) is 90.3 cm³/mol. The molecular formula is C16H20Cl2N2O3. The van der Waals surface area contributed by atoms with Gasteiger partial charge in [-0.1, -0.05) is 11.6 Å². The van der Waals surface area contributed by atoms with Gasteiger partial charge in [0.25, 0.3) is 0 Å². The minimum Gasteiger partial charge on any atom is -0.472 e. The molecule has 0 aliphatic heterocycles. The Morgan fingerprint density at radius 2 is 1.91 bits per heavy atom. The Morgan fingerprint density at radius 1 is 1.26 bits per heavy atom. The van der Waals surface area contributed by atoms with Crippen LogP contribution < -0.4 is 4.74 Å². The molecule has 7 heteroatoms. The maximum Gasteiger partial charge on any atom is 0.350 e. The third-order valence-corrected chi connectivity index (χ3v) is 3.41. The highest BCUT2D eigenvalue weighted by Gasteiger charge is 2.35. The van der Waals surface area contributed by atoms with E-state index >= 15 is 0 Å². The van der Waals surface area contributed by atoms with Crippen molar-refractivity contribution < 1.29 is 14.3 Å². The molecule has 0 aliphatic carbocycles. The van der Waals surface area contributed by atoms with Crippen molar-refractivity contribution in [2.75, 3.05) is 0 Å². The van der Waals surface area contributed by atoms with E-state index < -0.39 is 17.2 Å². The van der Waals surface area contributed by atoms with Gasteiger partial charge in [0.2, 0.25) is 0 Å². The number of rotatable bonds is 4. The normalized spacial score (nSPS) is 12.5. The van der Waals surface area contributed by atoms with Gasteiger partial charge >= 0.3 is 5.97 Å². The molecule has 2 aromatic heterocycles. The topological polar surface area (TPSA) is 52.8 Å². The second-order valence-corrected chi connectivity index (χ2v) is 7.44. The highest BCUT2D eigenvalue weighted by molar-refractivity contribution is 6.30. The molecule has 0 spiro atoms. The molecule has 126 valence electrons. The summed E-state index contributed by atoms with van der Waals surface area (Å²) < 4.78 is 13.0. The molecule has 2 heterocycles. The third kappa shape index (κ3) is 4.30. The van der Waals surface area contributed by atoms with Crippen LogP contribution in [0.2, 0.25) is 5.02 Å². The zero-order valence-corrected chi connectivity index (χ0v) is 15.3. The Kier molecular flexibility index (Phi) is 4.83. The van der Waals surface area contributed by atoms with E-state index in [1.807, 2.05) is 0 Å². The van der Waals surface area contributed by atoms with Gasteiger partial charge in [0.05, 0.1) is 16.6 Å². The van der Waals surface area contributed by atoms with Crippen LogP contribution in [-0.2, 0) is 15.4 Å². The number of esters is 1. The van der Waals surface area contributed by atoms with Crippen LogP contribution in [0.3, 0.4) is 0 Å². The first-order valence-corrected chi connectivity index (χ1v) is 8.08. The van der Waals surface area contributed by atoms with Gasteiger partial charge in [-0.2, -0.15) is 0 Å². The van der Waals surface area contributed by atoms with Crippen molar-refractivity contribution in [3.8, 4) is 5.75 Å². The summed E-state index contributed by atoms with van der Waals surface area (Å²) in [6.07, 6.45) is 3.47. The van der Waals surface area contributed by atoms with Gasteiger partial charge in [-0.05, 0) is 34.6 Å². The van der Waals surface area contributed by atoms with E-state index in [-0.39, 0.29) is 5.88 Å². The average molecular weight is 359 g/mol. The van der Waals surface area contributed by atoms with Gasteiger partial charge in [0.1, 0.15) is 5.60 Å². The first kappa shape index (κ1) is 17.9. The number of carbonyl (C=O) groups excluding carboxylic acids is 1. The van der Waals surface area contributed by atoms with Crippen molar-refractivity contribution >= 4 is 34.8 Å². The molecule has 0 aliphatic rings. The molecule has 0 aromatic carbocycles. The lowest BCUT2D eigenvalue weighted by molar-refractivity contribution is -0.170. The van der Waals surface area contributed by atoms with Crippen molar-refractivity contribution in [2.45, 2.75) is 51.7 Å². The fourth-order valence-electron chi connectivity index (χ4n) is 1.94. The lowest BCUT2D eigenvalue weighted by Crippen LogP contribution is -2.43. The van der Waals surface area contributed by atoms with Crippen LogP contribution in [0.4, 0.5) is 0 Å². The molecule has 0 radical (unpaired) electrons. The number of halogens is 2. The van der Waals surface area contributed by atoms with Crippen LogP contribution in [0.1, 0.15) is 40.3 Å². The smallest absolute Gasteiger partial charge is 0.350 e. The number of alkyl halides is 1. The van der Waals surface area contributed by atoms with Gasteiger partial charge in [-0.3, -0.25) is 0 Å². The van der Waals surface area contributed by atoms with Crippen LogP contribution >= 0.6 is 23.2 Å². The van der Waals surface area contributed by atoms with Gasteiger partial charge in [-0.25, -0.2) is 9.78 Å². The number of nitrogens with zero attached hydrogens (tertiary/aromatic N) is 2. The van der Waals surface area contributed by atoms with Crippen LogP contribution in [0.25, 0.3) is 5.65 Å². The van der Waals surface area contributed by atoms with Crippen molar-refractivity contribution in [3.05, 3.63) is 29.2 Å². The molecule has 0 N–H and O–H groups in total. The average Bonchev–Trinajstić information content (AvgIpc) is 2.79. The predicted octanol–water partition coefficient (Wildman–Crippen LogP) is 4.23. The third-order valence-electron chi connectivity index (χ3n) is 2.93. The summed E-state index contributed by atoms with van der Waals surface area (Å²) in [5.41, 5.74) is -0.554. The highest BCUT2D eigenvalue weighted by Crippen LogP contribution is 2.29. The number of ether oxygens (including phenoxy) is 2. The van der Waals surface area contributed by atoms with E-state index in [9.17, 15) is 4.79 Å². The fourth-order valence-corrected chi connectivity index (χ4v) is 2.28. The standard InChI is InChI=1S/C16H20Cl2N2O3/c1-15(2,3)23-14(21)16(4,5)22-12-6-10(18)8-20-9-11(7-17)19-13(12)20/h6,8-9H,7H2,1-5H3. The Balaban J connectivity index is 2.36. The summed E-state index contributed by atoms with van der Waals surface area (Å²) in [6, 6.07) is 1.62. The van der Waals surface area contributed by atoms with Crippen LogP contribution in [0, 0.1) is 0 Å². The first-order chi connectivity index (χ1) is 10.5. The summed E-state index contributed by atoms with van der Waals surface area (Å²) in [6.45, 7) is 8.70. The minimum atomic E-state index is -1.19. The molecule has 0 atom stereocenters. The molecule has 0 fully saturated rings. The van der Waals surface area contributed by atoms with Crippen molar-refractivity contribution in [1.82, 2.24) is 9.38 Å². The monoisotopic (exact) mass is 358 g/mol. The van der Waals surface area contributed by atoms with E-state index in [2.05, 4.69) is 4.98 Å². The second kappa shape index (κ2) is 6.21. The van der Waals surface area contributed by atoms with E-state index in [4.69, 9.17) is 32.7 Å². The lowest BCUT2D eigenvalue weighted by atomic mass is 10.1. The van der Waals surface area contributed by atoms with Gasteiger partial charge in [-0.15, -0.1) is 11.6 Å². The Morgan fingerprint density at radius 3 is 2.48 bits per heavy atom. The number of hydrogen-bond acceptors (Lipinski definition) is 4. The first-order valence-electron chi connectivity index (χ1n) is 7.17. The maximum absolute atomic E-state index is 12.3. The number of fused-ring (bicyclic) bond motifs is 1. The Hall–Kier alpha value is -1.46. The molecular weight excluding hydrogens is 339 g/mol. The van der Waals surface area contributed by atoms with Crippen molar-refractivity contribution in [1.29, 1.82) is 0 Å². The number of carbonyl (C=O) groups is 1. The molecule has 0 saturated heterocycles. The van der Waals surface area contributed by atoms with E-state index in [1.165, 1.54) is 0 Å². The summed E-state index contributed by atoms with van der Waals surface area (Å²) in [7, 11) is 0. The largest absolute Gasteiger partial charge is 0.472 e. The molecule has 0 amide bonds. The molecule has 2 aromatic rings. The quantitative estimate of drug-likeness (QED) is 0.606. The van der Waals surface area contributed by atoms with E-state index in [1.54, 1.807) is 57.5 Å². The van der Waals surface area contributed by atoms with Crippen LogP contribution in [0.15, 0.2) is 18.5 Å². The van der Waals surface area contributed by atoms with E-state index in [0.29, 0.717) is 22.1 Å². The Labute approximate surface area is 145 Å². The van der Waals surface area contributed by atoms with Gasteiger partial charge in [0.15, 0.2) is 17.0 Å². The fraction of sp³-hybridized carbons (Fsp3) is 0.500. The summed E-state index contributed by atoms with van der Waals surface area (Å²) >= 11 is 11.9. The maximum atomic E-state index is 12.3. The van der Waals surface area contributed by atoms with Gasteiger partial charge in [0, 0.05) is 18.5 Å². The molecule has 23 heavy (non-hydrogen) atoms. The zero-order valence-electron chi connectivity index (χ0n) is 13.8. The molecule has 0 saturated carbocycles. The number of hydrogen-bond donors (Lipinski definition) is 0. The number of aromatic nitrogens is 2. The zero-order chi connectivity index (χ0) is 17.4. The van der Waals surface area contributed by atoms with Gasteiger partial charge < -0.3 is 13.9 Å². The highest BCUT2D eigenvalue weighted by atomic mass is 35.5.